The Morgan fingerprint density at radius 3 is 2.24 bits per heavy atom. The van der Waals surface area contributed by atoms with E-state index >= 15 is 0 Å². The van der Waals surface area contributed by atoms with Crippen LogP contribution in [-0.4, -0.2) is 44.3 Å². The molecule has 0 radical (unpaired) electrons. The number of benzene rings is 3. The second kappa shape index (κ2) is 12.9. The van der Waals surface area contributed by atoms with Gasteiger partial charge in [0.2, 0.25) is 11.8 Å². The van der Waals surface area contributed by atoms with E-state index in [4.69, 9.17) is 11.6 Å². The number of anilines is 1. The van der Waals surface area contributed by atoms with Gasteiger partial charge in [-0.15, -0.1) is 0 Å². The monoisotopic (exact) mass is 555 g/mol. The molecule has 3 aromatic rings. The van der Waals surface area contributed by atoms with Crippen LogP contribution in [0.5, 0.6) is 0 Å². The Hall–Kier alpha value is -3.36. The zero-order chi connectivity index (χ0) is 27.9. The fraction of sp³-hybridized carbons (Fsp3) is 0.310. The highest BCUT2D eigenvalue weighted by Gasteiger charge is 2.33. The Bertz CT molecular complexity index is 1360. The van der Waals surface area contributed by atoms with E-state index in [0.29, 0.717) is 17.3 Å². The first kappa shape index (κ1) is 29.2. The van der Waals surface area contributed by atoms with E-state index in [2.05, 4.69) is 5.32 Å². The molecule has 0 aromatic heterocycles. The fourth-order valence-corrected chi connectivity index (χ4v) is 5.71. The summed E-state index contributed by atoms with van der Waals surface area (Å²) in [7, 11) is -4.09. The lowest BCUT2D eigenvalue weighted by molar-refractivity contribution is -0.139. The van der Waals surface area contributed by atoms with Gasteiger partial charge in [-0.2, -0.15) is 0 Å². The maximum absolute atomic E-state index is 13.9. The quantitative estimate of drug-likeness (QED) is 0.357. The van der Waals surface area contributed by atoms with Crippen molar-refractivity contribution < 1.29 is 18.0 Å². The van der Waals surface area contributed by atoms with Gasteiger partial charge in [0.25, 0.3) is 10.0 Å². The molecule has 9 heteroatoms. The molecule has 0 bridgehead atoms. The number of amides is 2. The van der Waals surface area contributed by atoms with Gasteiger partial charge in [0.1, 0.15) is 12.6 Å². The second-order valence-electron chi connectivity index (χ2n) is 9.23. The molecule has 38 heavy (non-hydrogen) atoms. The van der Waals surface area contributed by atoms with Crippen LogP contribution in [0, 0.1) is 13.8 Å². The average molecular weight is 556 g/mol. The number of nitrogens with one attached hydrogen (secondary N) is 1. The lowest BCUT2D eigenvalue weighted by Gasteiger charge is -2.32. The van der Waals surface area contributed by atoms with Crippen molar-refractivity contribution >= 4 is 39.1 Å². The maximum atomic E-state index is 13.9. The maximum Gasteiger partial charge on any atom is 0.264 e. The highest BCUT2D eigenvalue weighted by Crippen LogP contribution is 2.28. The first-order chi connectivity index (χ1) is 18.0. The van der Waals surface area contributed by atoms with Gasteiger partial charge in [0, 0.05) is 18.1 Å². The minimum Gasteiger partial charge on any atom is -0.354 e. The Labute approximate surface area is 230 Å². The van der Waals surface area contributed by atoms with E-state index in [1.165, 1.54) is 17.0 Å². The van der Waals surface area contributed by atoms with Crippen LogP contribution in [-0.2, 0) is 26.2 Å². The highest BCUT2D eigenvalue weighted by atomic mass is 35.5. The molecule has 7 nitrogen and oxygen atoms in total. The highest BCUT2D eigenvalue weighted by molar-refractivity contribution is 7.92. The van der Waals surface area contributed by atoms with Crippen LogP contribution < -0.4 is 9.62 Å². The number of halogens is 1. The second-order valence-corrected chi connectivity index (χ2v) is 11.5. The summed E-state index contributed by atoms with van der Waals surface area (Å²) in [4.78, 5) is 28.3. The van der Waals surface area contributed by atoms with Crippen LogP contribution in [0.4, 0.5) is 5.69 Å². The fourth-order valence-electron chi connectivity index (χ4n) is 4.08. The number of hydrogen-bond donors (Lipinski definition) is 1. The number of rotatable bonds is 11. The molecule has 1 N–H and O–H groups in total. The summed E-state index contributed by atoms with van der Waals surface area (Å²) in [6, 6.07) is 19.6. The molecule has 3 rings (SSSR count). The van der Waals surface area contributed by atoms with Crippen molar-refractivity contribution in [3.63, 3.8) is 0 Å². The SMILES string of the molecule is CCCNC(=O)C(C)N(Cc1ccc(Cl)cc1)C(=O)CN(c1ccc(C)cc1C)S(=O)(=O)c1ccccc1. The molecular formula is C29H34ClN3O4S. The number of sulfonamides is 1. The first-order valence-electron chi connectivity index (χ1n) is 12.5. The topological polar surface area (TPSA) is 86.8 Å². The summed E-state index contributed by atoms with van der Waals surface area (Å²) in [5, 5.41) is 3.38. The summed E-state index contributed by atoms with van der Waals surface area (Å²) in [5.74, 6) is -0.809. The van der Waals surface area contributed by atoms with Gasteiger partial charge in [-0.1, -0.05) is 66.6 Å². The molecule has 3 aromatic carbocycles. The van der Waals surface area contributed by atoms with Crippen molar-refractivity contribution in [2.75, 3.05) is 17.4 Å². The van der Waals surface area contributed by atoms with Gasteiger partial charge in [-0.25, -0.2) is 8.42 Å². The van der Waals surface area contributed by atoms with Gasteiger partial charge in [-0.05, 0) is 68.7 Å². The van der Waals surface area contributed by atoms with Crippen molar-refractivity contribution in [1.82, 2.24) is 10.2 Å². The predicted molar refractivity (Wildman–Crippen MR) is 152 cm³/mol. The number of aryl methyl sites for hydroxylation is 2. The largest absolute Gasteiger partial charge is 0.354 e. The third kappa shape index (κ3) is 7.14. The Morgan fingerprint density at radius 1 is 0.974 bits per heavy atom. The lowest BCUT2D eigenvalue weighted by atomic mass is 10.1. The van der Waals surface area contributed by atoms with E-state index in [0.717, 1.165) is 27.4 Å². The molecule has 202 valence electrons. The van der Waals surface area contributed by atoms with Gasteiger partial charge < -0.3 is 10.2 Å². The van der Waals surface area contributed by atoms with Crippen LogP contribution in [0.15, 0.2) is 77.7 Å². The van der Waals surface area contributed by atoms with Gasteiger partial charge in [0.05, 0.1) is 10.6 Å². The summed E-state index contributed by atoms with van der Waals surface area (Å²) in [6.07, 6.45) is 0.749. The minimum absolute atomic E-state index is 0.0748. The van der Waals surface area contributed by atoms with Crippen molar-refractivity contribution in [3.05, 3.63) is 94.5 Å². The van der Waals surface area contributed by atoms with Gasteiger partial charge in [-0.3, -0.25) is 13.9 Å². The van der Waals surface area contributed by atoms with Crippen LogP contribution >= 0.6 is 11.6 Å². The summed E-state index contributed by atoms with van der Waals surface area (Å²) >= 11 is 6.03. The summed E-state index contributed by atoms with van der Waals surface area (Å²) in [6.45, 7) is 7.44. The van der Waals surface area contributed by atoms with E-state index in [1.54, 1.807) is 55.5 Å². The Morgan fingerprint density at radius 2 is 1.63 bits per heavy atom. The normalized spacial score (nSPS) is 12.0. The van der Waals surface area contributed by atoms with E-state index in [1.807, 2.05) is 32.9 Å². The van der Waals surface area contributed by atoms with Crippen molar-refractivity contribution in [3.8, 4) is 0 Å². The molecule has 0 heterocycles. The first-order valence-corrected chi connectivity index (χ1v) is 14.3. The number of hydrogen-bond acceptors (Lipinski definition) is 4. The standard InChI is InChI=1S/C29H34ClN3O4S/c1-5-17-31-29(35)23(4)32(19-24-12-14-25(30)15-13-24)28(34)20-33(27-16-11-21(2)18-22(27)3)38(36,37)26-9-7-6-8-10-26/h6-16,18,23H,5,17,19-20H2,1-4H3,(H,31,35). The minimum atomic E-state index is -4.09. The van der Waals surface area contributed by atoms with Gasteiger partial charge in [0.15, 0.2) is 0 Å². The molecule has 0 saturated heterocycles. The van der Waals surface area contributed by atoms with Crippen molar-refractivity contribution in [2.45, 2.75) is 51.6 Å². The van der Waals surface area contributed by atoms with E-state index in [-0.39, 0.29) is 17.3 Å². The molecular weight excluding hydrogens is 522 g/mol. The molecule has 0 fully saturated rings. The summed E-state index contributed by atoms with van der Waals surface area (Å²) < 4.78 is 28.8. The van der Waals surface area contributed by atoms with Crippen LogP contribution in [0.1, 0.15) is 37.0 Å². The predicted octanol–water partition coefficient (Wildman–Crippen LogP) is 5.10. The van der Waals surface area contributed by atoms with E-state index < -0.39 is 28.5 Å². The average Bonchev–Trinajstić information content (AvgIpc) is 2.90. The number of nitrogens with zero attached hydrogens (tertiary/aromatic N) is 2. The van der Waals surface area contributed by atoms with E-state index in [9.17, 15) is 18.0 Å². The molecule has 0 saturated carbocycles. The van der Waals surface area contributed by atoms with Crippen molar-refractivity contribution in [2.24, 2.45) is 0 Å². The zero-order valence-electron chi connectivity index (χ0n) is 22.1. The third-order valence-electron chi connectivity index (χ3n) is 6.21. The van der Waals surface area contributed by atoms with Crippen molar-refractivity contribution in [1.29, 1.82) is 0 Å². The number of carbonyl (C=O) groups is 2. The Kier molecular flexibility index (Phi) is 9.94. The zero-order valence-corrected chi connectivity index (χ0v) is 23.7. The lowest BCUT2D eigenvalue weighted by Crippen LogP contribution is -2.51. The van der Waals surface area contributed by atoms with Gasteiger partial charge >= 0.3 is 0 Å². The molecule has 2 amide bonds. The molecule has 0 aliphatic rings. The van der Waals surface area contributed by atoms with Crippen LogP contribution in [0.25, 0.3) is 0 Å². The Balaban J connectivity index is 2.03. The smallest absolute Gasteiger partial charge is 0.264 e. The molecule has 0 aliphatic carbocycles. The molecule has 1 unspecified atom stereocenters. The molecule has 0 spiro atoms. The van der Waals surface area contributed by atoms with Crippen LogP contribution in [0.3, 0.4) is 0 Å². The third-order valence-corrected chi connectivity index (χ3v) is 8.24. The number of carbonyl (C=O) groups excluding carboxylic acids is 2. The molecule has 0 aliphatic heterocycles. The summed E-state index contributed by atoms with van der Waals surface area (Å²) in [5.41, 5.74) is 2.86. The molecule has 1 atom stereocenters. The van der Waals surface area contributed by atoms with Crippen LogP contribution in [0.2, 0.25) is 5.02 Å².